The van der Waals surface area contributed by atoms with Crippen molar-refractivity contribution < 1.29 is 32.3 Å². The van der Waals surface area contributed by atoms with Crippen molar-refractivity contribution in [1.82, 2.24) is 10.1 Å². The largest absolute Gasteiger partial charge is 0.493 e. The number of hydrogen-bond acceptors (Lipinski definition) is 6. The Morgan fingerprint density at radius 2 is 1.68 bits per heavy atom. The van der Waals surface area contributed by atoms with E-state index in [1.54, 1.807) is 24.3 Å². The van der Waals surface area contributed by atoms with Gasteiger partial charge >= 0.3 is 6.18 Å². The Morgan fingerprint density at radius 1 is 1.00 bits per heavy atom. The molecule has 28 heavy (non-hydrogen) atoms. The minimum absolute atomic E-state index is 0.0635. The Hall–Kier alpha value is -3.07. The molecule has 0 aliphatic heterocycles. The molecular formula is C19H17F3N2O4. The molecule has 3 aromatic rings. The highest BCUT2D eigenvalue weighted by Crippen LogP contribution is 2.41. The Bertz CT molecular complexity index is 944. The van der Waals surface area contributed by atoms with Gasteiger partial charge in [0.25, 0.3) is 0 Å². The molecule has 6 nitrogen and oxygen atoms in total. The second-order valence-electron chi connectivity index (χ2n) is 5.98. The zero-order chi connectivity index (χ0) is 20.4. The molecule has 0 amide bonds. The second-order valence-corrected chi connectivity index (χ2v) is 5.98. The minimum atomic E-state index is -4.94. The molecule has 1 aromatic heterocycles. The lowest BCUT2D eigenvalue weighted by atomic mass is 9.89. The molecule has 0 aliphatic rings. The predicted molar refractivity (Wildman–Crippen MR) is 92.9 cm³/mol. The van der Waals surface area contributed by atoms with Gasteiger partial charge in [0, 0.05) is 5.56 Å². The molecule has 9 heteroatoms. The van der Waals surface area contributed by atoms with Crippen molar-refractivity contribution in [2.24, 2.45) is 0 Å². The first kappa shape index (κ1) is 19.7. The SMILES string of the molecule is COc1ccc(-c2noc(C[C@@](O)(c3ccccc3)C(F)(F)F)n2)cc1OC. The molecule has 0 spiro atoms. The first-order valence-corrected chi connectivity index (χ1v) is 8.18. The van der Waals surface area contributed by atoms with Crippen LogP contribution < -0.4 is 9.47 Å². The fourth-order valence-corrected chi connectivity index (χ4v) is 2.72. The summed E-state index contributed by atoms with van der Waals surface area (Å²) >= 11 is 0. The van der Waals surface area contributed by atoms with E-state index in [2.05, 4.69) is 10.1 Å². The lowest BCUT2D eigenvalue weighted by Gasteiger charge is -2.29. The molecule has 3 rings (SSSR count). The number of alkyl halides is 3. The monoisotopic (exact) mass is 394 g/mol. The third kappa shape index (κ3) is 3.65. The van der Waals surface area contributed by atoms with Crippen LogP contribution in [0.1, 0.15) is 11.5 Å². The molecule has 1 atom stereocenters. The van der Waals surface area contributed by atoms with Crippen LogP contribution in [0.3, 0.4) is 0 Å². The van der Waals surface area contributed by atoms with E-state index in [0.29, 0.717) is 17.1 Å². The number of methoxy groups -OCH3 is 2. The zero-order valence-corrected chi connectivity index (χ0v) is 15.0. The fraction of sp³-hybridized carbons (Fsp3) is 0.263. The fourth-order valence-electron chi connectivity index (χ4n) is 2.72. The van der Waals surface area contributed by atoms with Gasteiger partial charge in [-0.1, -0.05) is 35.5 Å². The van der Waals surface area contributed by atoms with Crippen LogP contribution >= 0.6 is 0 Å². The Balaban J connectivity index is 1.93. The van der Waals surface area contributed by atoms with Crippen molar-refractivity contribution in [3.05, 3.63) is 60.0 Å². The maximum absolute atomic E-state index is 13.6. The molecule has 0 saturated carbocycles. The topological polar surface area (TPSA) is 77.6 Å². The maximum atomic E-state index is 13.6. The molecule has 0 aliphatic carbocycles. The van der Waals surface area contributed by atoms with Gasteiger partial charge < -0.3 is 19.1 Å². The van der Waals surface area contributed by atoms with Crippen LogP contribution in [-0.4, -0.2) is 35.6 Å². The molecule has 0 fully saturated rings. The standard InChI is InChI=1S/C19H17F3N2O4/c1-26-14-9-8-12(10-15(14)27-2)17-23-16(28-24-17)11-18(25,19(20,21)22)13-6-4-3-5-7-13/h3-10,25H,11H2,1-2H3/t18-/m1/s1. The van der Waals surface area contributed by atoms with Crippen molar-refractivity contribution in [2.45, 2.75) is 18.2 Å². The molecule has 148 valence electrons. The number of hydrogen-bond donors (Lipinski definition) is 1. The summed E-state index contributed by atoms with van der Waals surface area (Å²) in [5.41, 5.74) is -3.01. The number of aromatic nitrogens is 2. The zero-order valence-electron chi connectivity index (χ0n) is 15.0. The summed E-state index contributed by atoms with van der Waals surface area (Å²) in [6.07, 6.45) is -5.85. The van der Waals surface area contributed by atoms with E-state index in [1.165, 1.54) is 38.5 Å². The normalized spacial score (nSPS) is 13.8. The molecule has 1 heterocycles. The summed E-state index contributed by atoms with van der Waals surface area (Å²) in [7, 11) is 2.93. The summed E-state index contributed by atoms with van der Waals surface area (Å²) in [5, 5.41) is 14.1. The van der Waals surface area contributed by atoms with Crippen LogP contribution in [0.4, 0.5) is 13.2 Å². The van der Waals surface area contributed by atoms with Crippen molar-refractivity contribution in [2.75, 3.05) is 14.2 Å². The summed E-state index contributed by atoms with van der Waals surface area (Å²) in [5.74, 6) is 0.593. The van der Waals surface area contributed by atoms with Gasteiger partial charge in [0.05, 0.1) is 20.6 Å². The summed E-state index contributed by atoms with van der Waals surface area (Å²) in [6.45, 7) is 0. The van der Waals surface area contributed by atoms with E-state index in [-0.39, 0.29) is 17.3 Å². The quantitative estimate of drug-likeness (QED) is 0.686. The second kappa shape index (κ2) is 7.51. The molecule has 0 saturated heterocycles. The van der Waals surface area contributed by atoms with E-state index < -0.39 is 18.2 Å². The highest BCUT2D eigenvalue weighted by Gasteiger charge is 2.55. The van der Waals surface area contributed by atoms with Crippen LogP contribution in [0.15, 0.2) is 53.1 Å². The Labute approximate surface area is 158 Å². The third-order valence-corrected chi connectivity index (χ3v) is 4.24. The molecule has 0 radical (unpaired) electrons. The highest BCUT2D eigenvalue weighted by atomic mass is 19.4. The van der Waals surface area contributed by atoms with Crippen molar-refractivity contribution in [3.8, 4) is 22.9 Å². The van der Waals surface area contributed by atoms with Gasteiger partial charge in [-0.15, -0.1) is 0 Å². The van der Waals surface area contributed by atoms with E-state index in [1.807, 2.05) is 0 Å². The number of nitrogens with zero attached hydrogens (tertiary/aromatic N) is 2. The molecule has 2 aromatic carbocycles. The number of aliphatic hydroxyl groups is 1. The lowest BCUT2D eigenvalue weighted by molar-refractivity contribution is -0.267. The van der Waals surface area contributed by atoms with E-state index in [0.717, 1.165) is 0 Å². The average molecular weight is 394 g/mol. The summed E-state index contributed by atoms with van der Waals surface area (Å²) < 4.78 is 56.1. The van der Waals surface area contributed by atoms with E-state index in [4.69, 9.17) is 14.0 Å². The van der Waals surface area contributed by atoms with Gasteiger partial charge in [-0.05, 0) is 23.8 Å². The first-order valence-electron chi connectivity index (χ1n) is 8.18. The third-order valence-electron chi connectivity index (χ3n) is 4.24. The molecular weight excluding hydrogens is 377 g/mol. The van der Waals surface area contributed by atoms with Gasteiger partial charge in [0.15, 0.2) is 17.1 Å². The Kier molecular flexibility index (Phi) is 5.28. The number of benzene rings is 2. The van der Waals surface area contributed by atoms with Crippen molar-refractivity contribution >= 4 is 0 Å². The van der Waals surface area contributed by atoms with Crippen LogP contribution in [0.25, 0.3) is 11.4 Å². The highest BCUT2D eigenvalue weighted by molar-refractivity contribution is 5.60. The summed E-state index contributed by atoms with van der Waals surface area (Å²) in [6, 6.07) is 11.6. The van der Waals surface area contributed by atoms with Crippen LogP contribution in [-0.2, 0) is 12.0 Å². The molecule has 0 unspecified atom stereocenters. The van der Waals surface area contributed by atoms with Gasteiger partial charge in [-0.3, -0.25) is 0 Å². The first-order chi connectivity index (χ1) is 13.3. The van der Waals surface area contributed by atoms with E-state index >= 15 is 0 Å². The average Bonchev–Trinajstić information content (AvgIpc) is 3.15. The lowest BCUT2D eigenvalue weighted by Crippen LogP contribution is -2.44. The molecule has 0 bridgehead atoms. The smallest absolute Gasteiger partial charge is 0.421 e. The van der Waals surface area contributed by atoms with Crippen LogP contribution in [0.2, 0.25) is 0 Å². The summed E-state index contributed by atoms with van der Waals surface area (Å²) in [4.78, 5) is 4.00. The molecule has 1 N–H and O–H groups in total. The minimum Gasteiger partial charge on any atom is -0.493 e. The number of rotatable bonds is 6. The van der Waals surface area contributed by atoms with E-state index in [9.17, 15) is 18.3 Å². The van der Waals surface area contributed by atoms with Crippen LogP contribution in [0, 0.1) is 0 Å². The number of ether oxygens (including phenoxy) is 2. The number of halogens is 3. The van der Waals surface area contributed by atoms with Crippen molar-refractivity contribution in [3.63, 3.8) is 0 Å². The van der Waals surface area contributed by atoms with Gasteiger partial charge in [-0.25, -0.2) is 0 Å². The predicted octanol–water partition coefficient (Wildman–Crippen LogP) is 3.75. The maximum Gasteiger partial charge on any atom is 0.421 e. The van der Waals surface area contributed by atoms with Crippen LogP contribution in [0.5, 0.6) is 11.5 Å². The van der Waals surface area contributed by atoms with Gasteiger partial charge in [0.2, 0.25) is 11.7 Å². The van der Waals surface area contributed by atoms with Gasteiger partial charge in [0.1, 0.15) is 0 Å². The Morgan fingerprint density at radius 3 is 2.29 bits per heavy atom. The van der Waals surface area contributed by atoms with Crippen molar-refractivity contribution in [1.29, 1.82) is 0 Å². The van der Waals surface area contributed by atoms with Gasteiger partial charge in [-0.2, -0.15) is 18.2 Å².